The summed E-state index contributed by atoms with van der Waals surface area (Å²) in [7, 11) is 0.483. The molecule has 7 rings (SSSR count). The van der Waals surface area contributed by atoms with Gasteiger partial charge >= 0.3 is 10.2 Å². The van der Waals surface area contributed by atoms with E-state index in [1.165, 1.54) is 26.1 Å². The van der Waals surface area contributed by atoms with E-state index in [0.717, 1.165) is 89.5 Å². The number of hydrogen-bond acceptors (Lipinski definition) is 6. The highest BCUT2D eigenvalue weighted by molar-refractivity contribution is 7.87. The second-order valence-corrected chi connectivity index (χ2v) is 16.4. The number of amides is 2. The fraction of sp³-hybridized carbons (Fsp3) is 0.556. The van der Waals surface area contributed by atoms with Gasteiger partial charge in [0.2, 0.25) is 5.91 Å². The molecule has 2 saturated heterocycles. The van der Waals surface area contributed by atoms with Gasteiger partial charge < -0.3 is 14.2 Å². The summed E-state index contributed by atoms with van der Waals surface area (Å²) in [5, 5.41) is 1.07. The molecule has 252 valence electrons. The summed E-state index contributed by atoms with van der Waals surface area (Å²) < 4.78 is 36.3. The first kappa shape index (κ1) is 32.2. The third-order valence-electron chi connectivity index (χ3n) is 11.3. The highest BCUT2D eigenvalue weighted by Gasteiger charge is 2.50. The molecule has 1 aromatic heterocycles. The van der Waals surface area contributed by atoms with E-state index in [9.17, 15) is 18.0 Å². The van der Waals surface area contributed by atoms with Crippen molar-refractivity contribution in [3.05, 3.63) is 53.1 Å². The molecule has 2 amide bonds. The SMILES string of the molecule is CCN1C[C@H]2C[C@@H]1CN2C(=O)C1(C)Cc2cc(OC)ccc2-c2c(C3CCCCC3)c3ccc(C(=O)NS(=O)(=O)N(C)C)cc3n2C1. The second-order valence-electron chi connectivity index (χ2n) is 14.5. The van der Waals surface area contributed by atoms with E-state index < -0.39 is 21.5 Å². The van der Waals surface area contributed by atoms with Crippen LogP contribution in [0.2, 0.25) is 0 Å². The average Bonchev–Trinajstić information content (AvgIpc) is 3.73. The van der Waals surface area contributed by atoms with Crippen molar-refractivity contribution >= 4 is 32.9 Å². The second kappa shape index (κ2) is 11.9. The molecule has 1 unspecified atom stereocenters. The van der Waals surface area contributed by atoms with Gasteiger partial charge in [-0.2, -0.15) is 12.7 Å². The van der Waals surface area contributed by atoms with Crippen LogP contribution in [0.5, 0.6) is 5.75 Å². The van der Waals surface area contributed by atoms with Crippen molar-refractivity contribution in [3.8, 4) is 17.0 Å². The third-order valence-corrected chi connectivity index (χ3v) is 12.7. The van der Waals surface area contributed by atoms with E-state index in [2.05, 4.69) is 45.1 Å². The Hall–Kier alpha value is -3.41. The van der Waals surface area contributed by atoms with E-state index >= 15 is 0 Å². The number of nitrogens with one attached hydrogen (secondary N) is 1. The molecule has 3 fully saturated rings. The Morgan fingerprint density at radius 1 is 1.04 bits per heavy atom. The number of carbonyl (C=O) groups excluding carboxylic acids is 2. The molecule has 3 atom stereocenters. The number of likely N-dealkylation sites (N-methyl/N-ethyl adjacent to an activating group) is 1. The number of piperazine rings is 1. The smallest absolute Gasteiger partial charge is 0.303 e. The number of likely N-dealkylation sites (tertiary alicyclic amines) is 2. The summed E-state index contributed by atoms with van der Waals surface area (Å²) in [5.41, 5.74) is 4.94. The van der Waals surface area contributed by atoms with Crippen molar-refractivity contribution in [1.82, 2.24) is 23.4 Å². The molecule has 3 aromatic rings. The van der Waals surface area contributed by atoms with Crippen LogP contribution in [0, 0.1) is 5.41 Å². The number of ether oxygens (including phenoxy) is 1. The Morgan fingerprint density at radius 2 is 1.81 bits per heavy atom. The lowest BCUT2D eigenvalue weighted by molar-refractivity contribution is -0.144. The number of nitrogens with zero attached hydrogens (tertiary/aromatic N) is 4. The van der Waals surface area contributed by atoms with Crippen molar-refractivity contribution in [2.75, 3.05) is 40.8 Å². The molecule has 0 spiro atoms. The van der Waals surface area contributed by atoms with Crippen molar-refractivity contribution < 1.29 is 22.7 Å². The Kier molecular flexibility index (Phi) is 8.16. The summed E-state index contributed by atoms with van der Waals surface area (Å²) >= 11 is 0. The number of carbonyl (C=O) groups is 2. The van der Waals surface area contributed by atoms with E-state index in [0.29, 0.717) is 24.9 Å². The first-order valence-electron chi connectivity index (χ1n) is 17.1. The fourth-order valence-corrected chi connectivity index (χ4v) is 9.35. The van der Waals surface area contributed by atoms with E-state index in [4.69, 9.17) is 4.74 Å². The highest BCUT2D eigenvalue weighted by Crippen LogP contribution is 2.49. The molecule has 2 bridgehead atoms. The van der Waals surface area contributed by atoms with Crippen LogP contribution in [0.4, 0.5) is 0 Å². The number of hydrogen-bond donors (Lipinski definition) is 1. The fourth-order valence-electron chi connectivity index (χ4n) is 8.82. The molecule has 3 aliphatic heterocycles. The number of fused-ring (bicyclic) bond motifs is 7. The maximum absolute atomic E-state index is 14.8. The summed E-state index contributed by atoms with van der Waals surface area (Å²) in [6.45, 7) is 7.43. The van der Waals surface area contributed by atoms with Crippen molar-refractivity contribution in [2.45, 2.75) is 83.3 Å². The lowest BCUT2D eigenvalue weighted by Gasteiger charge is -2.39. The molecule has 2 aromatic carbocycles. The molecule has 4 heterocycles. The monoisotopic (exact) mass is 661 g/mol. The van der Waals surface area contributed by atoms with Crippen LogP contribution in [-0.2, 0) is 28.0 Å². The predicted molar refractivity (Wildman–Crippen MR) is 183 cm³/mol. The Bertz CT molecular complexity index is 1850. The Balaban J connectivity index is 1.41. The summed E-state index contributed by atoms with van der Waals surface area (Å²) in [4.78, 5) is 32.8. The molecule has 4 aliphatic rings. The zero-order valence-electron chi connectivity index (χ0n) is 28.2. The first-order valence-corrected chi connectivity index (χ1v) is 18.5. The van der Waals surface area contributed by atoms with Crippen molar-refractivity contribution in [2.24, 2.45) is 5.41 Å². The zero-order valence-corrected chi connectivity index (χ0v) is 29.0. The van der Waals surface area contributed by atoms with Crippen LogP contribution < -0.4 is 9.46 Å². The van der Waals surface area contributed by atoms with Gasteiger partial charge in [-0.05, 0) is 86.5 Å². The van der Waals surface area contributed by atoms with Gasteiger partial charge in [-0.1, -0.05) is 32.3 Å². The minimum Gasteiger partial charge on any atom is -0.497 e. The largest absolute Gasteiger partial charge is 0.497 e. The van der Waals surface area contributed by atoms with Gasteiger partial charge in [-0.25, -0.2) is 4.72 Å². The normalized spacial score (nSPS) is 24.8. The molecule has 1 saturated carbocycles. The van der Waals surface area contributed by atoms with E-state index in [-0.39, 0.29) is 17.5 Å². The molecule has 1 N–H and O–H groups in total. The maximum atomic E-state index is 14.8. The average molecular weight is 662 g/mol. The first-order chi connectivity index (χ1) is 22.4. The summed E-state index contributed by atoms with van der Waals surface area (Å²) in [6, 6.07) is 12.4. The van der Waals surface area contributed by atoms with Gasteiger partial charge in [-0.3, -0.25) is 14.5 Å². The maximum Gasteiger partial charge on any atom is 0.303 e. The quantitative estimate of drug-likeness (QED) is 0.392. The predicted octanol–water partition coefficient (Wildman–Crippen LogP) is 4.77. The van der Waals surface area contributed by atoms with E-state index in [1.807, 2.05) is 18.2 Å². The van der Waals surface area contributed by atoms with Crippen molar-refractivity contribution in [3.63, 3.8) is 0 Å². The minimum atomic E-state index is -3.97. The van der Waals surface area contributed by atoms with Crippen LogP contribution >= 0.6 is 0 Å². The van der Waals surface area contributed by atoms with Crippen LogP contribution in [0.25, 0.3) is 22.2 Å². The van der Waals surface area contributed by atoms with Gasteiger partial charge in [0.25, 0.3) is 5.91 Å². The van der Waals surface area contributed by atoms with Gasteiger partial charge in [-0.15, -0.1) is 0 Å². The standard InChI is InChI=1S/C36H47N5O5S/c1-6-39-20-27-18-26(39)21-40(27)35(43)36(2)19-25-16-28(46-5)13-15-29(25)33-32(23-10-8-7-9-11-23)30-14-12-24(17-31(30)41(33)22-36)34(42)37-47(44,45)38(3)4/h12-17,23,26-27H,6-11,18-22H2,1-5H3,(H,37,42)/t26-,27-,36?/m1/s1. The van der Waals surface area contributed by atoms with Crippen LogP contribution in [0.15, 0.2) is 36.4 Å². The molecule has 0 radical (unpaired) electrons. The summed E-state index contributed by atoms with van der Waals surface area (Å²) in [6.07, 6.45) is 7.32. The van der Waals surface area contributed by atoms with Gasteiger partial charge in [0.15, 0.2) is 0 Å². The minimum absolute atomic E-state index is 0.175. The lowest BCUT2D eigenvalue weighted by Crippen LogP contribution is -2.53. The van der Waals surface area contributed by atoms with Crippen LogP contribution in [0.3, 0.4) is 0 Å². The van der Waals surface area contributed by atoms with E-state index in [1.54, 1.807) is 13.2 Å². The third kappa shape index (κ3) is 5.44. The number of benzene rings is 2. The molecular weight excluding hydrogens is 614 g/mol. The molecule has 10 nitrogen and oxygen atoms in total. The number of rotatable bonds is 7. The zero-order chi connectivity index (χ0) is 33.2. The van der Waals surface area contributed by atoms with Gasteiger partial charge in [0.05, 0.1) is 18.2 Å². The molecule has 11 heteroatoms. The van der Waals surface area contributed by atoms with Gasteiger partial charge in [0, 0.05) is 67.8 Å². The molecule has 1 aliphatic carbocycles. The number of aromatic nitrogens is 1. The molecular formula is C36H47N5O5S. The van der Waals surface area contributed by atoms with Gasteiger partial charge in [0.1, 0.15) is 5.75 Å². The number of methoxy groups -OCH3 is 1. The Morgan fingerprint density at radius 3 is 2.47 bits per heavy atom. The van der Waals surface area contributed by atoms with Crippen molar-refractivity contribution in [1.29, 1.82) is 0 Å². The Labute approximate surface area is 278 Å². The molecule has 47 heavy (non-hydrogen) atoms. The topological polar surface area (TPSA) is 104 Å². The van der Waals surface area contributed by atoms with Crippen LogP contribution in [0.1, 0.15) is 79.8 Å². The summed E-state index contributed by atoms with van der Waals surface area (Å²) in [5.74, 6) is 0.610. The lowest BCUT2D eigenvalue weighted by atomic mass is 9.79. The highest BCUT2D eigenvalue weighted by atomic mass is 32.2. The van der Waals surface area contributed by atoms with Crippen LogP contribution in [-0.4, -0.2) is 91.8 Å².